The van der Waals surface area contributed by atoms with Crippen molar-refractivity contribution >= 4 is 40.8 Å². The van der Waals surface area contributed by atoms with Gasteiger partial charge in [-0.1, -0.05) is 11.8 Å². The molecule has 4 rings (SSSR count). The van der Waals surface area contributed by atoms with Gasteiger partial charge in [0.15, 0.2) is 0 Å². The first-order valence-corrected chi connectivity index (χ1v) is 14.9. The molecule has 0 fully saturated rings. The Kier molecular flexibility index (Phi) is 12.5. The average molecular weight is 627 g/mol. The number of carbonyl (C=O) groups excluding carboxylic acids is 2. The SMILES string of the molecule is COC(=O)c1ccc(OCCOCCOCCOCCOc2ccc3c(c2)Sc2cc(N(C)C)ccc2N3)cc1C(=O)OC. The van der Waals surface area contributed by atoms with Gasteiger partial charge in [0.25, 0.3) is 0 Å². The van der Waals surface area contributed by atoms with Crippen molar-refractivity contribution in [1.82, 2.24) is 0 Å². The Morgan fingerprint density at radius 2 is 1.14 bits per heavy atom. The zero-order valence-electron chi connectivity index (χ0n) is 25.4. The van der Waals surface area contributed by atoms with Crippen LogP contribution < -0.4 is 19.7 Å². The lowest BCUT2D eigenvalue weighted by Gasteiger charge is -2.23. The first-order chi connectivity index (χ1) is 21.4. The predicted octanol–water partition coefficient (Wildman–Crippen LogP) is 5.04. The van der Waals surface area contributed by atoms with Crippen LogP contribution >= 0.6 is 11.8 Å². The molecule has 44 heavy (non-hydrogen) atoms. The second-order valence-corrected chi connectivity index (χ2v) is 10.8. The maximum Gasteiger partial charge on any atom is 0.338 e. The second kappa shape index (κ2) is 16.8. The van der Waals surface area contributed by atoms with Crippen molar-refractivity contribution in [3.63, 3.8) is 0 Å². The fourth-order valence-corrected chi connectivity index (χ4v) is 5.23. The summed E-state index contributed by atoms with van der Waals surface area (Å²) in [5.41, 5.74) is 3.51. The highest BCUT2D eigenvalue weighted by molar-refractivity contribution is 7.99. The smallest absolute Gasteiger partial charge is 0.338 e. The Bertz CT molecular complexity index is 1420. The van der Waals surface area contributed by atoms with Crippen LogP contribution in [0, 0.1) is 0 Å². The highest BCUT2D eigenvalue weighted by atomic mass is 32.2. The lowest BCUT2D eigenvalue weighted by atomic mass is 10.1. The van der Waals surface area contributed by atoms with E-state index >= 15 is 0 Å². The number of benzene rings is 3. The van der Waals surface area contributed by atoms with Crippen LogP contribution in [0.3, 0.4) is 0 Å². The molecule has 0 saturated heterocycles. The molecule has 236 valence electrons. The molecule has 0 atom stereocenters. The molecule has 1 heterocycles. The monoisotopic (exact) mass is 626 g/mol. The van der Waals surface area contributed by atoms with Crippen LogP contribution in [0.5, 0.6) is 11.5 Å². The van der Waals surface area contributed by atoms with Gasteiger partial charge in [-0.15, -0.1) is 0 Å². The van der Waals surface area contributed by atoms with Crippen molar-refractivity contribution in [1.29, 1.82) is 0 Å². The molecule has 0 aromatic heterocycles. The van der Waals surface area contributed by atoms with Crippen molar-refractivity contribution in [2.45, 2.75) is 9.79 Å². The van der Waals surface area contributed by atoms with Crippen molar-refractivity contribution in [3.05, 3.63) is 65.7 Å². The van der Waals surface area contributed by atoms with Crippen LogP contribution in [0.4, 0.5) is 17.1 Å². The third-order valence-electron chi connectivity index (χ3n) is 6.46. The molecular formula is C32H38N2O9S. The largest absolute Gasteiger partial charge is 0.491 e. The van der Waals surface area contributed by atoms with Gasteiger partial charge in [-0.3, -0.25) is 0 Å². The maximum absolute atomic E-state index is 12.0. The summed E-state index contributed by atoms with van der Waals surface area (Å²) < 4.78 is 37.6. The van der Waals surface area contributed by atoms with Gasteiger partial charge in [0, 0.05) is 29.6 Å². The molecule has 1 N–H and O–H groups in total. The molecule has 0 amide bonds. The Balaban J connectivity index is 1.03. The van der Waals surface area contributed by atoms with Gasteiger partial charge in [-0.2, -0.15) is 0 Å². The zero-order chi connectivity index (χ0) is 31.3. The summed E-state index contributed by atoms with van der Waals surface area (Å²) in [6.07, 6.45) is 0. The van der Waals surface area contributed by atoms with Gasteiger partial charge >= 0.3 is 11.9 Å². The Morgan fingerprint density at radius 3 is 1.73 bits per heavy atom. The number of esters is 2. The van der Waals surface area contributed by atoms with E-state index in [1.165, 1.54) is 31.2 Å². The van der Waals surface area contributed by atoms with Gasteiger partial charge in [0.1, 0.15) is 24.7 Å². The van der Waals surface area contributed by atoms with Crippen molar-refractivity contribution in [2.75, 3.05) is 91.4 Å². The summed E-state index contributed by atoms with van der Waals surface area (Å²) in [4.78, 5) is 28.3. The molecule has 3 aromatic carbocycles. The number of carbonyl (C=O) groups is 2. The van der Waals surface area contributed by atoms with E-state index in [4.69, 9.17) is 33.2 Å². The molecule has 12 heteroatoms. The number of hydrogen-bond acceptors (Lipinski definition) is 12. The summed E-state index contributed by atoms with van der Waals surface area (Å²) >= 11 is 1.73. The Labute approximate surface area is 261 Å². The van der Waals surface area contributed by atoms with Crippen LogP contribution in [0.25, 0.3) is 0 Å². The van der Waals surface area contributed by atoms with E-state index in [1.807, 2.05) is 32.3 Å². The molecule has 0 unspecified atom stereocenters. The van der Waals surface area contributed by atoms with E-state index in [2.05, 4.69) is 28.4 Å². The third-order valence-corrected chi connectivity index (χ3v) is 7.58. The molecule has 0 spiro atoms. The summed E-state index contributed by atoms with van der Waals surface area (Å²) in [5, 5.41) is 3.49. The number of rotatable bonds is 17. The van der Waals surface area contributed by atoms with Gasteiger partial charge in [0.2, 0.25) is 0 Å². The lowest BCUT2D eigenvalue weighted by Crippen LogP contribution is -2.15. The number of methoxy groups -OCH3 is 2. The summed E-state index contributed by atoms with van der Waals surface area (Å²) in [6.45, 7) is 3.17. The molecule has 0 aliphatic carbocycles. The maximum atomic E-state index is 12.0. The molecule has 0 saturated carbocycles. The Morgan fingerprint density at radius 1 is 0.636 bits per heavy atom. The number of hydrogen-bond donors (Lipinski definition) is 1. The molecule has 0 bridgehead atoms. The fraction of sp³-hybridized carbons (Fsp3) is 0.375. The van der Waals surface area contributed by atoms with E-state index in [9.17, 15) is 9.59 Å². The molecule has 11 nitrogen and oxygen atoms in total. The second-order valence-electron chi connectivity index (χ2n) is 9.68. The van der Waals surface area contributed by atoms with Crippen LogP contribution in [0.2, 0.25) is 0 Å². The summed E-state index contributed by atoms with van der Waals surface area (Å²) in [5.74, 6) is -0.0790. The minimum absolute atomic E-state index is 0.0700. The lowest BCUT2D eigenvalue weighted by molar-refractivity contribution is 0.00497. The topological polar surface area (TPSA) is 114 Å². The number of fused-ring (bicyclic) bond motifs is 2. The van der Waals surface area contributed by atoms with Crippen molar-refractivity contribution in [3.8, 4) is 11.5 Å². The first-order valence-electron chi connectivity index (χ1n) is 14.1. The number of anilines is 3. The van der Waals surface area contributed by atoms with E-state index in [0.29, 0.717) is 52.0 Å². The number of nitrogens with one attached hydrogen (secondary N) is 1. The molecule has 1 aliphatic heterocycles. The molecule has 3 aromatic rings. The average Bonchev–Trinajstić information content (AvgIpc) is 3.04. The number of nitrogens with zero attached hydrogens (tertiary/aromatic N) is 1. The quantitative estimate of drug-likeness (QED) is 0.125. The standard InChI is InChI=1S/C32H38N2O9S/c1-34(2)22-5-9-27-29(19-22)44-30-21-24(7-10-28(30)33-27)43-18-16-41-14-12-39-11-13-40-15-17-42-23-6-8-25(31(35)37-3)26(20-23)32(36)38-4/h5-10,19-21,33H,11-18H2,1-4H3. The Hall–Kier alpha value is -3.97. The van der Waals surface area contributed by atoms with Gasteiger partial charge in [-0.25, -0.2) is 9.59 Å². The summed E-state index contributed by atoms with van der Waals surface area (Å²) in [7, 11) is 6.55. The minimum atomic E-state index is -0.655. The first kappa shape index (κ1) is 32.9. The van der Waals surface area contributed by atoms with Crippen LogP contribution in [0.15, 0.2) is 64.4 Å². The fourth-order valence-electron chi connectivity index (χ4n) is 4.18. The van der Waals surface area contributed by atoms with Gasteiger partial charge < -0.3 is 43.4 Å². The normalized spacial score (nSPS) is 11.5. The molecule has 0 radical (unpaired) electrons. The molecule has 1 aliphatic rings. The van der Waals surface area contributed by atoms with E-state index in [0.717, 1.165) is 27.7 Å². The van der Waals surface area contributed by atoms with Gasteiger partial charge in [0.05, 0.1) is 76.4 Å². The highest BCUT2D eigenvalue weighted by Gasteiger charge is 2.20. The minimum Gasteiger partial charge on any atom is -0.491 e. The van der Waals surface area contributed by atoms with E-state index in [-0.39, 0.29) is 17.7 Å². The van der Waals surface area contributed by atoms with Crippen LogP contribution in [0.1, 0.15) is 20.7 Å². The predicted molar refractivity (Wildman–Crippen MR) is 167 cm³/mol. The van der Waals surface area contributed by atoms with Crippen molar-refractivity contribution < 1.29 is 42.7 Å². The van der Waals surface area contributed by atoms with E-state index < -0.39 is 11.9 Å². The summed E-state index contributed by atoms with van der Waals surface area (Å²) in [6, 6.07) is 16.9. The molecular weight excluding hydrogens is 588 g/mol. The van der Waals surface area contributed by atoms with Crippen LogP contribution in [-0.4, -0.2) is 93.1 Å². The van der Waals surface area contributed by atoms with E-state index in [1.54, 1.807) is 17.8 Å². The third kappa shape index (κ3) is 9.26. The van der Waals surface area contributed by atoms with Gasteiger partial charge in [-0.05, 0) is 54.6 Å². The number of ether oxygens (including phenoxy) is 7. The zero-order valence-corrected chi connectivity index (χ0v) is 26.2. The van der Waals surface area contributed by atoms with Crippen LogP contribution in [-0.2, 0) is 23.7 Å². The highest BCUT2D eigenvalue weighted by Crippen LogP contribution is 2.46. The van der Waals surface area contributed by atoms with Crippen molar-refractivity contribution in [2.24, 2.45) is 0 Å².